The van der Waals surface area contributed by atoms with E-state index >= 15 is 0 Å². The Bertz CT molecular complexity index is 1490. The average Bonchev–Trinajstić information content (AvgIpc) is 3.49. The van der Waals surface area contributed by atoms with Gasteiger partial charge in [0.1, 0.15) is 0 Å². The van der Waals surface area contributed by atoms with Crippen LogP contribution in [-0.2, 0) is 4.74 Å². The predicted octanol–water partition coefficient (Wildman–Crippen LogP) is 11.6. The zero-order valence-electron chi connectivity index (χ0n) is 31.9. The van der Waals surface area contributed by atoms with Gasteiger partial charge in [-0.15, -0.1) is 11.8 Å². The second kappa shape index (κ2) is 13.1. The highest BCUT2D eigenvalue weighted by Gasteiger charge is 2.66. The van der Waals surface area contributed by atoms with Crippen molar-refractivity contribution < 1.29 is 4.74 Å². The number of rotatable bonds is 7. The Labute approximate surface area is 298 Å². The SMILES string of the molecule is CCC1(C)C2SC3C=CC(OC)CC3C2C2C=C(C)C3=C(CCCC3C(C)C3=CC(C4=CCCC=C4)=CC(C(C)C)C3C)N2C1(C)CC. The summed E-state index contributed by atoms with van der Waals surface area (Å²) in [7, 11) is 1.91. The molecule has 3 heterocycles. The number of piperidine rings is 1. The standard InChI is InChI=1S/C45H65NOS/c1-11-44(8)43-42(37-26-33(47-10)21-22-40(37)48-43)39-23-28(5)41-34(19-16-20-38(41)46(39)45(44,9)12-2)29(6)36-25-32(31-17-14-13-15-18-31)24-35(27(3)4)30(36)7/h14,17-18,21-25,27,29-30,33-35,37,39-40,42-43H,11-13,15-16,19-20,26H2,1-10H3. The first-order valence-corrected chi connectivity index (χ1v) is 20.8. The van der Waals surface area contributed by atoms with E-state index in [4.69, 9.17) is 4.74 Å². The van der Waals surface area contributed by atoms with Crippen LogP contribution in [0.25, 0.3) is 0 Å². The van der Waals surface area contributed by atoms with E-state index in [9.17, 15) is 0 Å². The third kappa shape index (κ3) is 5.20. The van der Waals surface area contributed by atoms with Crippen LogP contribution in [0.1, 0.15) is 114 Å². The minimum Gasteiger partial charge on any atom is -0.377 e. The molecule has 7 rings (SSSR count). The van der Waals surface area contributed by atoms with Gasteiger partial charge in [-0.05, 0) is 129 Å². The third-order valence-electron chi connectivity index (χ3n) is 15.2. The molecule has 12 unspecified atom stereocenters. The number of fused-ring (bicyclic) bond motifs is 6. The van der Waals surface area contributed by atoms with Crippen molar-refractivity contribution in [2.24, 2.45) is 46.8 Å². The van der Waals surface area contributed by atoms with Crippen LogP contribution in [0.3, 0.4) is 0 Å². The van der Waals surface area contributed by atoms with Gasteiger partial charge in [0.05, 0.1) is 12.1 Å². The van der Waals surface area contributed by atoms with Crippen molar-refractivity contribution >= 4 is 11.8 Å². The van der Waals surface area contributed by atoms with Crippen LogP contribution in [0.5, 0.6) is 0 Å². The largest absolute Gasteiger partial charge is 0.377 e. The van der Waals surface area contributed by atoms with Crippen LogP contribution in [0, 0.1) is 46.8 Å². The van der Waals surface area contributed by atoms with Crippen LogP contribution in [0.4, 0.5) is 0 Å². The Hall–Kier alpha value is -1.71. The minimum absolute atomic E-state index is 0.122. The fourth-order valence-electron chi connectivity index (χ4n) is 12.0. The highest BCUT2D eigenvalue weighted by Crippen LogP contribution is 2.67. The van der Waals surface area contributed by atoms with E-state index in [2.05, 4.69) is 128 Å². The highest BCUT2D eigenvalue weighted by molar-refractivity contribution is 8.01. The molecule has 0 spiro atoms. The second-order valence-corrected chi connectivity index (χ2v) is 18.8. The Morgan fingerprint density at radius 1 is 1.04 bits per heavy atom. The topological polar surface area (TPSA) is 12.5 Å². The van der Waals surface area contributed by atoms with Crippen LogP contribution >= 0.6 is 11.8 Å². The Morgan fingerprint density at radius 2 is 1.83 bits per heavy atom. The average molecular weight is 668 g/mol. The summed E-state index contributed by atoms with van der Waals surface area (Å²) in [5.74, 6) is 4.24. The van der Waals surface area contributed by atoms with E-state index in [0.717, 1.165) is 0 Å². The van der Waals surface area contributed by atoms with Crippen LogP contribution in [0.15, 0.2) is 82.2 Å². The summed E-state index contributed by atoms with van der Waals surface area (Å²) in [4.78, 5) is 3.10. The maximum atomic E-state index is 5.99. The summed E-state index contributed by atoms with van der Waals surface area (Å²) in [6.45, 7) is 22.9. The summed E-state index contributed by atoms with van der Waals surface area (Å²) in [5.41, 5.74) is 10.0. The number of allylic oxidation sites excluding steroid dienone is 11. The van der Waals surface area contributed by atoms with E-state index < -0.39 is 0 Å². The predicted molar refractivity (Wildman–Crippen MR) is 207 cm³/mol. The van der Waals surface area contributed by atoms with Gasteiger partial charge in [-0.1, -0.05) is 103 Å². The zero-order valence-corrected chi connectivity index (χ0v) is 32.7. The number of nitrogens with zero attached hydrogens (tertiary/aromatic N) is 1. The molecule has 0 aromatic carbocycles. The van der Waals surface area contributed by atoms with Crippen molar-refractivity contribution in [2.45, 2.75) is 142 Å². The van der Waals surface area contributed by atoms with Gasteiger partial charge in [0, 0.05) is 34.3 Å². The van der Waals surface area contributed by atoms with Crippen molar-refractivity contribution in [1.29, 1.82) is 0 Å². The first kappa shape index (κ1) is 34.7. The first-order chi connectivity index (χ1) is 23.0. The Balaban J connectivity index is 1.31. The molecule has 0 N–H and O–H groups in total. The van der Waals surface area contributed by atoms with Gasteiger partial charge in [-0.3, -0.25) is 0 Å². The van der Waals surface area contributed by atoms with E-state index in [0.29, 0.717) is 58.0 Å². The van der Waals surface area contributed by atoms with Gasteiger partial charge in [-0.25, -0.2) is 0 Å². The van der Waals surface area contributed by atoms with E-state index in [1.807, 2.05) is 7.11 Å². The first-order valence-electron chi connectivity index (χ1n) is 19.9. The van der Waals surface area contributed by atoms with E-state index in [1.165, 1.54) is 62.5 Å². The quantitative estimate of drug-likeness (QED) is 0.251. The van der Waals surface area contributed by atoms with Crippen LogP contribution in [-0.4, -0.2) is 40.2 Å². The number of ether oxygens (including phenoxy) is 1. The lowest BCUT2D eigenvalue weighted by molar-refractivity contribution is -0.0951. The molecule has 0 bridgehead atoms. The molecule has 2 fully saturated rings. The lowest BCUT2D eigenvalue weighted by Crippen LogP contribution is -2.71. The van der Waals surface area contributed by atoms with E-state index in [-0.39, 0.29) is 17.1 Å². The molecule has 0 aromatic heterocycles. The van der Waals surface area contributed by atoms with Crippen molar-refractivity contribution in [1.82, 2.24) is 4.90 Å². The third-order valence-corrected chi connectivity index (χ3v) is 17.1. The van der Waals surface area contributed by atoms with Crippen LogP contribution < -0.4 is 0 Å². The second-order valence-electron chi connectivity index (χ2n) is 17.4. The highest BCUT2D eigenvalue weighted by atomic mass is 32.2. The molecule has 3 aliphatic heterocycles. The molecule has 0 amide bonds. The summed E-state index contributed by atoms with van der Waals surface area (Å²) >= 11 is 2.33. The molecule has 0 aromatic rings. The number of hydrogen-bond donors (Lipinski definition) is 0. The van der Waals surface area contributed by atoms with Gasteiger partial charge >= 0.3 is 0 Å². The summed E-state index contributed by atoms with van der Waals surface area (Å²) in [6.07, 6.45) is 30.3. The molecule has 12 atom stereocenters. The fourth-order valence-corrected chi connectivity index (χ4v) is 14.3. The number of methoxy groups -OCH3 is 1. The monoisotopic (exact) mass is 667 g/mol. The zero-order chi connectivity index (χ0) is 34.1. The van der Waals surface area contributed by atoms with Gasteiger partial charge < -0.3 is 9.64 Å². The Morgan fingerprint density at radius 3 is 2.50 bits per heavy atom. The van der Waals surface area contributed by atoms with Crippen molar-refractivity contribution in [3.05, 3.63) is 82.2 Å². The van der Waals surface area contributed by atoms with E-state index in [1.54, 1.807) is 22.4 Å². The molecule has 7 aliphatic rings. The molecule has 2 nitrogen and oxygen atoms in total. The summed E-state index contributed by atoms with van der Waals surface area (Å²) in [5, 5.41) is 1.29. The van der Waals surface area contributed by atoms with Gasteiger partial charge in [0.25, 0.3) is 0 Å². The van der Waals surface area contributed by atoms with Gasteiger partial charge in [0.2, 0.25) is 0 Å². The molecule has 262 valence electrons. The number of hydrogen-bond acceptors (Lipinski definition) is 3. The molecule has 48 heavy (non-hydrogen) atoms. The van der Waals surface area contributed by atoms with Gasteiger partial charge in [0.15, 0.2) is 0 Å². The lowest BCUT2D eigenvalue weighted by Gasteiger charge is -2.67. The minimum atomic E-state index is 0.122. The fraction of sp³-hybridized carbons (Fsp3) is 0.689. The van der Waals surface area contributed by atoms with Crippen LogP contribution in [0.2, 0.25) is 0 Å². The molecular formula is C45H65NOS. The molecule has 2 saturated heterocycles. The van der Waals surface area contributed by atoms with Crippen molar-refractivity contribution in [3.63, 3.8) is 0 Å². The molecule has 0 saturated carbocycles. The molecular weight excluding hydrogens is 603 g/mol. The Kier molecular flexibility index (Phi) is 9.49. The number of thioether (sulfide) groups is 1. The maximum absolute atomic E-state index is 5.99. The maximum Gasteiger partial charge on any atom is 0.0755 e. The summed E-state index contributed by atoms with van der Waals surface area (Å²) in [6, 6.07) is 0.483. The normalized spacial score (nSPS) is 42.7. The smallest absolute Gasteiger partial charge is 0.0755 e. The molecule has 0 radical (unpaired) electrons. The summed E-state index contributed by atoms with van der Waals surface area (Å²) < 4.78 is 5.99. The molecule has 3 heteroatoms. The van der Waals surface area contributed by atoms with Crippen molar-refractivity contribution in [3.8, 4) is 0 Å². The molecule has 4 aliphatic carbocycles. The lowest BCUT2D eigenvalue weighted by atomic mass is 9.54. The van der Waals surface area contributed by atoms with Gasteiger partial charge in [-0.2, -0.15) is 0 Å². The van der Waals surface area contributed by atoms with Crippen molar-refractivity contribution in [2.75, 3.05) is 7.11 Å².